The van der Waals surface area contributed by atoms with Crippen LogP contribution in [0.2, 0.25) is 0 Å². The van der Waals surface area contributed by atoms with Gasteiger partial charge in [-0.1, -0.05) is 18.6 Å². The Hall–Kier alpha value is -1.49. The molecule has 0 aromatic heterocycles. The van der Waals surface area contributed by atoms with Crippen molar-refractivity contribution in [2.24, 2.45) is 11.1 Å². The minimum atomic E-state index is -0.695. The Labute approximate surface area is 117 Å². The molecule has 1 aromatic rings. The molecule has 0 bridgehead atoms. The lowest BCUT2D eigenvalue weighted by molar-refractivity contribution is -0.128. The first-order valence-electron chi connectivity index (χ1n) is 6.38. The van der Waals surface area contributed by atoms with Gasteiger partial charge in [0.05, 0.1) is 10.4 Å². The third kappa shape index (κ3) is 2.34. The van der Waals surface area contributed by atoms with Crippen molar-refractivity contribution < 1.29 is 9.18 Å². The molecule has 2 N–H and O–H groups in total. The summed E-state index contributed by atoms with van der Waals surface area (Å²) >= 11 is 5.07. The number of hydrogen-bond acceptors (Lipinski definition) is 2. The fraction of sp³-hybridized carbons (Fsp3) is 0.429. The number of carbonyl (C=O) groups is 1. The summed E-state index contributed by atoms with van der Waals surface area (Å²) in [4.78, 5) is 14.6. The summed E-state index contributed by atoms with van der Waals surface area (Å²) in [5, 5.41) is 0. The van der Waals surface area contributed by atoms with Crippen molar-refractivity contribution in [3.8, 4) is 0 Å². The monoisotopic (exact) mass is 280 g/mol. The number of hydrogen-bond donors (Lipinski definition) is 1. The Bertz CT molecular complexity index is 497. The van der Waals surface area contributed by atoms with E-state index in [-0.39, 0.29) is 16.7 Å². The number of benzene rings is 1. The topological polar surface area (TPSA) is 46.3 Å². The lowest BCUT2D eigenvalue weighted by atomic mass is 9.67. The number of carbonyl (C=O) groups excluding carboxylic acids is 1. The number of amides is 1. The van der Waals surface area contributed by atoms with Crippen LogP contribution in [0, 0.1) is 11.2 Å². The molecule has 1 fully saturated rings. The van der Waals surface area contributed by atoms with E-state index < -0.39 is 5.41 Å². The summed E-state index contributed by atoms with van der Waals surface area (Å²) in [5.74, 6) is -0.389. The lowest BCUT2D eigenvalue weighted by Gasteiger charge is -2.42. The van der Waals surface area contributed by atoms with E-state index in [0.29, 0.717) is 25.1 Å². The van der Waals surface area contributed by atoms with E-state index in [1.54, 1.807) is 17.0 Å². The molecule has 102 valence electrons. The highest BCUT2D eigenvalue weighted by Gasteiger charge is 2.48. The largest absolute Gasteiger partial charge is 0.392 e. The summed E-state index contributed by atoms with van der Waals surface area (Å²) in [6, 6.07) is 5.89. The zero-order chi connectivity index (χ0) is 14.0. The average molecular weight is 280 g/mol. The van der Waals surface area contributed by atoms with Crippen LogP contribution in [-0.2, 0) is 4.79 Å². The van der Waals surface area contributed by atoms with Gasteiger partial charge in [0.25, 0.3) is 0 Å². The van der Waals surface area contributed by atoms with Gasteiger partial charge in [0.15, 0.2) is 0 Å². The van der Waals surface area contributed by atoms with E-state index in [1.165, 1.54) is 12.1 Å². The molecule has 19 heavy (non-hydrogen) atoms. The smallest absolute Gasteiger partial charge is 0.240 e. The highest BCUT2D eigenvalue weighted by molar-refractivity contribution is 7.80. The average Bonchev–Trinajstić information content (AvgIpc) is 2.30. The van der Waals surface area contributed by atoms with E-state index >= 15 is 0 Å². The van der Waals surface area contributed by atoms with E-state index in [9.17, 15) is 9.18 Å². The normalized spacial score (nSPS) is 16.5. The Balaban J connectivity index is 2.29. The molecule has 3 nitrogen and oxygen atoms in total. The SMILES string of the molecule is CCN(C(=O)C1(C(N)=S)CCC1)c1ccc(F)cc1. The summed E-state index contributed by atoms with van der Waals surface area (Å²) < 4.78 is 13.0. The highest BCUT2D eigenvalue weighted by atomic mass is 32.1. The molecule has 0 unspecified atom stereocenters. The Morgan fingerprint density at radius 2 is 2.00 bits per heavy atom. The van der Waals surface area contributed by atoms with Crippen molar-refractivity contribution in [1.82, 2.24) is 0 Å². The van der Waals surface area contributed by atoms with Gasteiger partial charge in [-0.3, -0.25) is 4.79 Å². The third-order valence-electron chi connectivity index (χ3n) is 3.79. The molecule has 0 aliphatic heterocycles. The molecule has 0 radical (unpaired) electrons. The lowest BCUT2D eigenvalue weighted by Crippen LogP contribution is -2.54. The van der Waals surface area contributed by atoms with Crippen molar-refractivity contribution in [2.45, 2.75) is 26.2 Å². The van der Waals surface area contributed by atoms with Crippen molar-refractivity contribution in [3.05, 3.63) is 30.1 Å². The van der Waals surface area contributed by atoms with E-state index in [4.69, 9.17) is 18.0 Å². The van der Waals surface area contributed by atoms with Crippen LogP contribution in [0.25, 0.3) is 0 Å². The molecule has 0 spiro atoms. The first-order valence-corrected chi connectivity index (χ1v) is 6.79. The molecule has 0 heterocycles. The molecule has 0 saturated heterocycles. The first-order chi connectivity index (χ1) is 9.01. The van der Waals surface area contributed by atoms with Gasteiger partial charge in [0, 0.05) is 12.2 Å². The Morgan fingerprint density at radius 3 is 2.37 bits per heavy atom. The molecule has 0 atom stereocenters. The standard InChI is InChI=1S/C14H17FN2OS/c1-2-17(11-6-4-10(15)5-7-11)13(18)14(12(16)19)8-3-9-14/h4-7H,2-3,8-9H2,1H3,(H2,16,19). The number of thiocarbonyl (C=S) groups is 1. The van der Waals surface area contributed by atoms with E-state index in [0.717, 1.165) is 6.42 Å². The number of anilines is 1. The van der Waals surface area contributed by atoms with E-state index in [2.05, 4.69) is 0 Å². The maximum absolute atomic E-state index is 13.0. The fourth-order valence-corrected chi connectivity index (χ4v) is 2.71. The second-order valence-electron chi connectivity index (χ2n) is 4.83. The van der Waals surface area contributed by atoms with Crippen molar-refractivity contribution in [2.75, 3.05) is 11.4 Å². The number of rotatable bonds is 4. The number of nitrogens with zero attached hydrogens (tertiary/aromatic N) is 1. The predicted molar refractivity (Wildman–Crippen MR) is 77.5 cm³/mol. The molecule has 1 saturated carbocycles. The van der Waals surface area contributed by atoms with Crippen molar-refractivity contribution in [1.29, 1.82) is 0 Å². The zero-order valence-electron chi connectivity index (χ0n) is 10.9. The van der Waals surface area contributed by atoms with Crippen LogP contribution < -0.4 is 10.6 Å². The minimum absolute atomic E-state index is 0.0691. The van der Waals surface area contributed by atoms with Crippen LogP contribution in [-0.4, -0.2) is 17.4 Å². The molecule has 1 aliphatic rings. The van der Waals surface area contributed by atoms with Crippen LogP contribution in [0.1, 0.15) is 26.2 Å². The van der Waals surface area contributed by atoms with Crippen LogP contribution in [0.3, 0.4) is 0 Å². The maximum Gasteiger partial charge on any atom is 0.240 e. The molecular formula is C14H17FN2OS. The summed E-state index contributed by atoms with van der Waals surface area (Å²) in [6.07, 6.45) is 2.38. The van der Waals surface area contributed by atoms with Gasteiger partial charge in [0.1, 0.15) is 5.82 Å². The van der Waals surface area contributed by atoms with Crippen molar-refractivity contribution >= 4 is 28.8 Å². The second kappa shape index (κ2) is 5.25. The predicted octanol–water partition coefficient (Wildman–Crippen LogP) is 2.64. The van der Waals surface area contributed by atoms with Crippen LogP contribution in [0.15, 0.2) is 24.3 Å². The number of halogens is 1. The summed E-state index contributed by atoms with van der Waals surface area (Å²) in [7, 11) is 0. The second-order valence-corrected chi connectivity index (χ2v) is 5.27. The van der Waals surface area contributed by atoms with Gasteiger partial charge < -0.3 is 10.6 Å². The van der Waals surface area contributed by atoms with E-state index in [1.807, 2.05) is 6.92 Å². The fourth-order valence-electron chi connectivity index (χ4n) is 2.42. The van der Waals surface area contributed by atoms with Gasteiger partial charge in [-0.2, -0.15) is 0 Å². The molecule has 2 rings (SSSR count). The van der Waals surface area contributed by atoms with Gasteiger partial charge in [0.2, 0.25) is 5.91 Å². The third-order valence-corrected chi connectivity index (χ3v) is 4.18. The van der Waals surface area contributed by atoms with Crippen LogP contribution in [0.4, 0.5) is 10.1 Å². The maximum atomic E-state index is 13.0. The summed E-state index contributed by atoms with van der Waals surface area (Å²) in [6.45, 7) is 2.39. The quantitative estimate of drug-likeness (QED) is 0.862. The first kappa shape index (κ1) is 13.9. The van der Waals surface area contributed by atoms with Crippen LogP contribution >= 0.6 is 12.2 Å². The number of nitrogens with two attached hydrogens (primary N) is 1. The molecule has 1 aromatic carbocycles. The van der Waals surface area contributed by atoms with Gasteiger partial charge in [-0.15, -0.1) is 0 Å². The van der Waals surface area contributed by atoms with Crippen molar-refractivity contribution in [3.63, 3.8) is 0 Å². The molecule has 1 aliphatic carbocycles. The molecule has 5 heteroatoms. The Kier molecular flexibility index (Phi) is 3.85. The van der Waals surface area contributed by atoms with Crippen LogP contribution in [0.5, 0.6) is 0 Å². The molecule has 1 amide bonds. The van der Waals surface area contributed by atoms with Gasteiger partial charge in [-0.05, 0) is 44.0 Å². The van der Waals surface area contributed by atoms with Gasteiger partial charge >= 0.3 is 0 Å². The zero-order valence-corrected chi connectivity index (χ0v) is 11.7. The summed E-state index contributed by atoms with van der Waals surface area (Å²) in [5.41, 5.74) is 5.73. The highest BCUT2D eigenvalue weighted by Crippen LogP contribution is 2.43. The molecular weight excluding hydrogens is 263 g/mol. The minimum Gasteiger partial charge on any atom is -0.392 e. The Morgan fingerprint density at radius 1 is 1.42 bits per heavy atom. The van der Waals surface area contributed by atoms with Gasteiger partial charge in [-0.25, -0.2) is 4.39 Å².